The molecule has 2 heterocycles. The van der Waals surface area contributed by atoms with Gasteiger partial charge in [-0.3, -0.25) is 0 Å². The summed E-state index contributed by atoms with van der Waals surface area (Å²) in [5, 5.41) is 0. The SMILES string of the molecule is Cc1nccc(OCCCCN2CCCCC2)n1.Cl. The van der Waals surface area contributed by atoms with Crippen LogP contribution in [-0.4, -0.2) is 41.1 Å². The third-order valence-electron chi connectivity index (χ3n) is 3.32. The molecule has 1 aromatic heterocycles. The van der Waals surface area contributed by atoms with Crippen LogP contribution in [0, 0.1) is 6.92 Å². The predicted octanol–water partition coefficient (Wildman–Crippen LogP) is 2.85. The average Bonchev–Trinajstić information content (AvgIpc) is 2.40. The van der Waals surface area contributed by atoms with Gasteiger partial charge >= 0.3 is 0 Å². The van der Waals surface area contributed by atoms with E-state index < -0.39 is 0 Å². The Balaban J connectivity index is 0.00000180. The zero-order chi connectivity index (χ0) is 12.6. The van der Waals surface area contributed by atoms with Crippen molar-refractivity contribution in [3.05, 3.63) is 18.1 Å². The fourth-order valence-corrected chi connectivity index (χ4v) is 2.31. The van der Waals surface area contributed by atoms with Crippen LogP contribution in [0.15, 0.2) is 12.3 Å². The maximum absolute atomic E-state index is 5.61. The van der Waals surface area contributed by atoms with Gasteiger partial charge in [-0.25, -0.2) is 4.98 Å². The van der Waals surface area contributed by atoms with E-state index in [0.29, 0.717) is 5.88 Å². The Morgan fingerprint density at radius 3 is 2.74 bits per heavy atom. The van der Waals surface area contributed by atoms with Crippen LogP contribution in [-0.2, 0) is 0 Å². The molecule has 0 spiro atoms. The number of ether oxygens (including phenoxy) is 1. The number of hydrogen-bond acceptors (Lipinski definition) is 4. The van der Waals surface area contributed by atoms with Crippen LogP contribution in [0.25, 0.3) is 0 Å². The van der Waals surface area contributed by atoms with Crippen molar-refractivity contribution in [3.63, 3.8) is 0 Å². The Bertz CT molecular complexity index is 356. The molecule has 0 saturated carbocycles. The first-order valence-electron chi connectivity index (χ1n) is 6.99. The fourth-order valence-electron chi connectivity index (χ4n) is 2.31. The van der Waals surface area contributed by atoms with E-state index in [1.54, 1.807) is 6.20 Å². The number of unbranched alkanes of at least 4 members (excludes halogenated alkanes) is 1. The minimum Gasteiger partial charge on any atom is -0.478 e. The van der Waals surface area contributed by atoms with Crippen LogP contribution in [0.1, 0.15) is 37.9 Å². The van der Waals surface area contributed by atoms with Crippen molar-refractivity contribution in [2.75, 3.05) is 26.2 Å². The van der Waals surface area contributed by atoms with E-state index in [1.165, 1.54) is 45.3 Å². The molecule has 108 valence electrons. The summed E-state index contributed by atoms with van der Waals surface area (Å²) in [6, 6.07) is 1.82. The molecule has 0 atom stereocenters. The van der Waals surface area contributed by atoms with Gasteiger partial charge in [0.15, 0.2) is 0 Å². The van der Waals surface area contributed by atoms with Gasteiger partial charge in [-0.05, 0) is 52.2 Å². The van der Waals surface area contributed by atoms with Gasteiger partial charge in [-0.15, -0.1) is 12.4 Å². The zero-order valence-electron chi connectivity index (χ0n) is 11.7. The number of rotatable bonds is 6. The van der Waals surface area contributed by atoms with Gasteiger partial charge in [-0.2, -0.15) is 4.98 Å². The molecule has 2 rings (SSSR count). The first-order chi connectivity index (χ1) is 8.84. The summed E-state index contributed by atoms with van der Waals surface area (Å²) in [6.07, 6.45) is 8.20. The Labute approximate surface area is 122 Å². The van der Waals surface area contributed by atoms with Crippen LogP contribution in [0.2, 0.25) is 0 Å². The summed E-state index contributed by atoms with van der Waals surface area (Å²) in [5.74, 6) is 1.46. The Morgan fingerprint density at radius 2 is 2.00 bits per heavy atom. The molecular weight excluding hydrogens is 262 g/mol. The smallest absolute Gasteiger partial charge is 0.216 e. The van der Waals surface area contributed by atoms with Crippen LogP contribution >= 0.6 is 12.4 Å². The lowest BCUT2D eigenvalue weighted by molar-refractivity contribution is 0.215. The van der Waals surface area contributed by atoms with Gasteiger partial charge in [0.25, 0.3) is 0 Å². The van der Waals surface area contributed by atoms with Gasteiger partial charge in [0.2, 0.25) is 5.88 Å². The highest BCUT2D eigenvalue weighted by Gasteiger charge is 2.08. The molecule has 0 unspecified atom stereocenters. The Kier molecular flexibility index (Phi) is 7.75. The van der Waals surface area contributed by atoms with E-state index in [4.69, 9.17) is 4.74 Å². The molecule has 0 aromatic carbocycles. The molecule has 19 heavy (non-hydrogen) atoms. The van der Waals surface area contributed by atoms with E-state index in [1.807, 2.05) is 13.0 Å². The lowest BCUT2D eigenvalue weighted by Crippen LogP contribution is -2.30. The van der Waals surface area contributed by atoms with E-state index >= 15 is 0 Å². The monoisotopic (exact) mass is 285 g/mol. The number of halogens is 1. The fraction of sp³-hybridized carbons (Fsp3) is 0.714. The van der Waals surface area contributed by atoms with Crippen LogP contribution < -0.4 is 4.74 Å². The first-order valence-corrected chi connectivity index (χ1v) is 6.99. The molecule has 1 aromatic rings. The third-order valence-corrected chi connectivity index (χ3v) is 3.32. The average molecular weight is 286 g/mol. The standard InChI is InChI=1S/C14H23N3O.ClH/c1-13-15-8-7-14(16-13)18-12-6-5-11-17-9-3-2-4-10-17;/h7-8H,2-6,9-12H2,1H3;1H. The Morgan fingerprint density at radius 1 is 1.21 bits per heavy atom. The second-order valence-corrected chi connectivity index (χ2v) is 4.90. The maximum Gasteiger partial charge on any atom is 0.216 e. The lowest BCUT2D eigenvalue weighted by Gasteiger charge is -2.26. The number of likely N-dealkylation sites (tertiary alicyclic amines) is 1. The second kappa shape index (κ2) is 9.10. The molecule has 0 radical (unpaired) electrons. The summed E-state index contributed by atoms with van der Waals surface area (Å²) in [4.78, 5) is 10.8. The van der Waals surface area contributed by atoms with Crippen molar-refractivity contribution in [2.45, 2.75) is 39.0 Å². The zero-order valence-corrected chi connectivity index (χ0v) is 12.5. The van der Waals surface area contributed by atoms with Gasteiger partial charge in [0.05, 0.1) is 6.61 Å². The number of piperidine rings is 1. The highest BCUT2D eigenvalue weighted by molar-refractivity contribution is 5.85. The van der Waals surface area contributed by atoms with Crippen molar-refractivity contribution in [3.8, 4) is 5.88 Å². The minimum absolute atomic E-state index is 0. The number of aryl methyl sites for hydroxylation is 1. The molecule has 0 bridgehead atoms. The van der Waals surface area contributed by atoms with Crippen molar-refractivity contribution in [2.24, 2.45) is 0 Å². The predicted molar refractivity (Wildman–Crippen MR) is 79.0 cm³/mol. The molecule has 5 heteroatoms. The normalized spacial score (nSPS) is 15.8. The van der Waals surface area contributed by atoms with Gasteiger partial charge in [-0.1, -0.05) is 6.42 Å². The summed E-state index contributed by atoms with van der Waals surface area (Å²) in [7, 11) is 0. The maximum atomic E-state index is 5.61. The van der Waals surface area contributed by atoms with Gasteiger partial charge < -0.3 is 9.64 Å². The minimum atomic E-state index is 0. The molecule has 0 aliphatic carbocycles. The highest BCUT2D eigenvalue weighted by atomic mass is 35.5. The number of hydrogen-bond donors (Lipinski definition) is 0. The highest BCUT2D eigenvalue weighted by Crippen LogP contribution is 2.10. The first kappa shape index (κ1) is 16.2. The van der Waals surface area contributed by atoms with Crippen molar-refractivity contribution in [1.29, 1.82) is 0 Å². The van der Waals surface area contributed by atoms with Crippen LogP contribution in [0.5, 0.6) is 5.88 Å². The second-order valence-electron chi connectivity index (χ2n) is 4.90. The largest absolute Gasteiger partial charge is 0.478 e. The molecule has 0 amide bonds. The molecular formula is C14H24ClN3O. The van der Waals surface area contributed by atoms with Gasteiger partial charge in [0, 0.05) is 12.3 Å². The topological polar surface area (TPSA) is 38.2 Å². The quantitative estimate of drug-likeness (QED) is 0.754. The van der Waals surface area contributed by atoms with Gasteiger partial charge in [0.1, 0.15) is 5.82 Å². The summed E-state index contributed by atoms with van der Waals surface area (Å²) in [5.41, 5.74) is 0. The van der Waals surface area contributed by atoms with Crippen molar-refractivity contribution in [1.82, 2.24) is 14.9 Å². The van der Waals surface area contributed by atoms with E-state index in [2.05, 4.69) is 14.9 Å². The number of nitrogens with zero attached hydrogens (tertiary/aromatic N) is 3. The molecule has 1 fully saturated rings. The third kappa shape index (κ3) is 6.21. The van der Waals surface area contributed by atoms with E-state index in [9.17, 15) is 0 Å². The summed E-state index contributed by atoms with van der Waals surface area (Å²) < 4.78 is 5.61. The molecule has 1 aliphatic rings. The van der Waals surface area contributed by atoms with Crippen LogP contribution in [0.4, 0.5) is 0 Å². The Hall–Kier alpha value is -0.870. The molecule has 0 N–H and O–H groups in total. The molecule has 1 saturated heterocycles. The van der Waals surface area contributed by atoms with Crippen LogP contribution in [0.3, 0.4) is 0 Å². The van der Waals surface area contributed by atoms with E-state index in [-0.39, 0.29) is 12.4 Å². The summed E-state index contributed by atoms with van der Waals surface area (Å²) in [6.45, 7) is 6.41. The van der Waals surface area contributed by atoms with Crippen molar-refractivity contribution < 1.29 is 4.74 Å². The molecule has 1 aliphatic heterocycles. The summed E-state index contributed by atoms with van der Waals surface area (Å²) >= 11 is 0. The lowest BCUT2D eigenvalue weighted by atomic mass is 10.1. The van der Waals surface area contributed by atoms with E-state index in [0.717, 1.165) is 18.9 Å². The number of aromatic nitrogens is 2. The molecule has 4 nitrogen and oxygen atoms in total. The van der Waals surface area contributed by atoms with Crippen molar-refractivity contribution >= 4 is 12.4 Å².